The average molecular weight is 428 g/mol. The predicted molar refractivity (Wildman–Crippen MR) is 88.6 cm³/mol. The monoisotopic (exact) mass is 427 g/mol. The zero-order chi connectivity index (χ0) is 17.6. The molecule has 0 bridgehead atoms. The summed E-state index contributed by atoms with van der Waals surface area (Å²) >= 11 is 4.09. The number of aromatic nitrogens is 4. The number of benzene rings is 1. The number of carbonyl (C=O) groups is 1. The highest BCUT2D eigenvalue weighted by molar-refractivity contribution is 9.10. The number of oxime groups is 1. The molecule has 25 heavy (non-hydrogen) atoms. The molecule has 128 valence electrons. The van der Waals surface area contributed by atoms with Crippen molar-refractivity contribution in [3.63, 3.8) is 0 Å². The minimum Gasteiger partial charge on any atom is -0.300 e. The van der Waals surface area contributed by atoms with Crippen molar-refractivity contribution in [2.75, 3.05) is 10.8 Å². The Hall–Kier alpha value is -2.93. The number of nitrogens with zero attached hydrogens (tertiary/aromatic N) is 5. The summed E-state index contributed by atoms with van der Waals surface area (Å²) in [7, 11) is 0. The number of nitrogens with one attached hydrogen (secondary N) is 2. The van der Waals surface area contributed by atoms with Crippen molar-refractivity contribution < 1.29 is 18.8 Å². The molecule has 13 heteroatoms. The van der Waals surface area contributed by atoms with Gasteiger partial charge in [-0.05, 0) is 56.0 Å². The molecule has 2 aromatic heterocycles. The van der Waals surface area contributed by atoms with Crippen LogP contribution in [0.4, 0.5) is 15.9 Å². The Labute approximate surface area is 151 Å². The van der Waals surface area contributed by atoms with Crippen molar-refractivity contribution in [2.24, 2.45) is 5.16 Å². The van der Waals surface area contributed by atoms with E-state index >= 15 is 0 Å². The van der Waals surface area contributed by atoms with Crippen molar-refractivity contribution >= 4 is 51.1 Å². The number of rotatable bonds is 6. The average Bonchev–Trinajstić information content (AvgIpc) is 3.27. The molecule has 2 N–H and O–H groups in total. The smallest absolute Gasteiger partial charge is 0.278 e. The third-order valence-electron chi connectivity index (χ3n) is 2.65. The van der Waals surface area contributed by atoms with Gasteiger partial charge >= 0.3 is 0 Å². The fourth-order valence-electron chi connectivity index (χ4n) is 1.52. The van der Waals surface area contributed by atoms with Gasteiger partial charge in [-0.15, -0.1) is 5.10 Å². The Kier molecular flexibility index (Phi) is 5.25. The molecule has 0 radical (unpaired) electrons. The highest BCUT2D eigenvalue weighted by Gasteiger charge is 2.15. The normalized spacial score (nSPS) is 10.8. The van der Waals surface area contributed by atoms with E-state index in [4.69, 9.17) is 4.94 Å². The van der Waals surface area contributed by atoms with Crippen molar-refractivity contribution in [3.8, 4) is 0 Å². The second-order valence-corrected chi connectivity index (χ2v) is 5.76. The number of halogens is 2. The molecule has 0 spiro atoms. The second kappa shape index (κ2) is 7.76. The first-order chi connectivity index (χ1) is 12.1. The lowest BCUT2D eigenvalue weighted by atomic mass is 10.3. The second-order valence-electron chi connectivity index (χ2n) is 4.30. The van der Waals surface area contributed by atoms with Gasteiger partial charge in [0.05, 0.1) is 10.2 Å². The molecule has 0 atom stereocenters. The Balaban J connectivity index is 1.58. The maximum Gasteiger partial charge on any atom is 0.278 e. The summed E-state index contributed by atoms with van der Waals surface area (Å²) in [6.45, 7) is 0. The Bertz CT molecular complexity index is 902. The van der Waals surface area contributed by atoms with E-state index in [1.54, 1.807) is 0 Å². The molecule has 3 rings (SSSR count). The summed E-state index contributed by atoms with van der Waals surface area (Å²) in [5, 5.41) is 18.3. The van der Waals surface area contributed by atoms with Gasteiger partial charge in [0, 0.05) is 5.38 Å². The van der Waals surface area contributed by atoms with Gasteiger partial charge in [0.1, 0.15) is 12.0 Å². The van der Waals surface area contributed by atoms with Crippen LogP contribution in [0.2, 0.25) is 0 Å². The lowest BCUT2D eigenvalue weighted by Crippen LogP contribution is -2.14. The minimum absolute atomic E-state index is 0.0369. The van der Waals surface area contributed by atoms with Crippen molar-refractivity contribution in [1.82, 2.24) is 19.9 Å². The van der Waals surface area contributed by atoms with Gasteiger partial charge in [-0.3, -0.25) is 9.73 Å². The largest absolute Gasteiger partial charge is 0.300 e. The molecule has 0 aliphatic rings. The van der Waals surface area contributed by atoms with Crippen LogP contribution >= 0.6 is 27.5 Å². The fourth-order valence-corrected chi connectivity index (χ4v) is 2.33. The summed E-state index contributed by atoms with van der Waals surface area (Å²) in [5.74, 6) is -0.886. The Morgan fingerprint density at radius 3 is 3.08 bits per heavy atom. The molecular formula is C12H7BrFN7O3S. The summed E-state index contributed by atoms with van der Waals surface area (Å²) in [6.07, 6.45) is 1.16. The first kappa shape index (κ1) is 16.9. The standard InChI is InChI=1S/C12H7BrFN7O3S/c13-7-3-6(1-2-8(7)14)18-23-15-4-9-11(20-24-19-9)16-12(22)10-5-25-21-17-10/h1-5,18H,(H,16,20,22)/b15-4+. The third-order valence-corrected chi connectivity index (χ3v) is 3.76. The number of amides is 1. The Morgan fingerprint density at radius 1 is 1.44 bits per heavy atom. The minimum atomic E-state index is -0.519. The molecule has 0 unspecified atom stereocenters. The van der Waals surface area contributed by atoms with Crippen LogP contribution in [0.25, 0.3) is 0 Å². The zero-order valence-corrected chi connectivity index (χ0v) is 14.4. The van der Waals surface area contributed by atoms with Gasteiger partial charge in [-0.2, -0.15) is 5.48 Å². The van der Waals surface area contributed by atoms with Gasteiger partial charge in [0.25, 0.3) is 5.91 Å². The number of carbonyl (C=O) groups excluding carboxylic acids is 1. The molecule has 0 aliphatic heterocycles. The van der Waals surface area contributed by atoms with E-state index in [0.717, 1.165) is 17.7 Å². The van der Waals surface area contributed by atoms with Crippen LogP contribution in [-0.4, -0.2) is 32.0 Å². The fraction of sp³-hybridized carbons (Fsp3) is 0. The lowest BCUT2D eigenvalue weighted by molar-refractivity contribution is 0.102. The maximum atomic E-state index is 13.1. The van der Waals surface area contributed by atoms with Crippen molar-refractivity contribution in [2.45, 2.75) is 0 Å². The first-order valence-corrected chi connectivity index (χ1v) is 8.08. The van der Waals surface area contributed by atoms with Gasteiger partial charge in [-0.25, -0.2) is 9.02 Å². The van der Waals surface area contributed by atoms with E-state index < -0.39 is 11.7 Å². The topological polar surface area (TPSA) is 127 Å². The van der Waals surface area contributed by atoms with E-state index in [9.17, 15) is 9.18 Å². The van der Waals surface area contributed by atoms with Crippen LogP contribution in [0.1, 0.15) is 16.2 Å². The highest BCUT2D eigenvalue weighted by atomic mass is 79.9. The SMILES string of the molecule is O=C(Nc1nonc1/C=N/ONc1ccc(F)c(Br)c1)c1csnn1. The number of anilines is 2. The molecule has 0 saturated heterocycles. The van der Waals surface area contributed by atoms with E-state index in [-0.39, 0.29) is 21.7 Å². The summed E-state index contributed by atoms with van der Waals surface area (Å²) in [4.78, 5) is 16.7. The van der Waals surface area contributed by atoms with Crippen LogP contribution in [0.3, 0.4) is 0 Å². The number of hydrogen-bond acceptors (Lipinski definition) is 10. The summed E-state index contributed by atoms with van der Waals surface area (Å²) in [5.41, 5.74) is 3.20. The molecule has 0 aliphatic carbocycles. The van der Waals surface area contributed by atoms with E-state index in [2.05, 4.69) is 56.4 Å². The lowest BCUT2D eigenvalue weighted by Gasteiger charge is -2.03. The van der Waals surface area contributed by atoms with E-state index in [0.29, 0.717) is 5.69 Å². The number of hydrogen-bond donors (Lipinski definition) is 2. The molecule has 1 aromatic carbocycles. The van der Waals surface area contributed by atoms with Gasteiger partial charge in [0.2, 0.25) is 5.82 Å². The van der Waals surface area contributed by atoms with Crippen LogP contribution in [0, 0.1) is 5.82 Å². The maximum absolute atomic E-state index is 13.1. The Morgan fingerprint density at radius 2 is 2.32 bits per heavy atom. The molecule has 2 heterocycles. The molecule has 10 nitrogen and oxygen atoms in total. The molecule has 0 saturated carbocycles. The van der Waals surface area contributed by atoms with Crippen LogP contribution in [0.5, 0.6) is 0 Å². The molecular weight excluding hydrogens is 421 g/mol. The van der Waals surface area contributed by atoms with E-state index in [1.165, 1.54) is 23.6 Å². The van der Waals surface area contributed by atoms with Crippen LogP contribution in [-0.2, 0) is 4.94 Å². The predicted octanol–water partition coefficient (Wildman–Crippen LogP) is 2.45. The van der Waals surface area contributed by atoms with Crippen LogP contribution in [0.15, 0.2) is 37.8 Å². The summed E-state index contributed by atoms with van der Waals surface area (Å²) < 4.78 is 21.5. The summed E-state index contributed by atoms with van der Waals surface area (Å²) in [6, 6.07) is 4.18. The van der Waals surface area contributed by atoms with Crippen LogP contribution < -0.4 is 10.8 Å². The van der Waals surface area contributed by atoms with Crippen molar-refractivity contribution in [1.29, 1.82) is 0 Å². The first-order valence-electron chi connectivity index (χ1n) is 6.45. The molecule has 3 aromatic rings. The molecule has 1 amide bonds. The van der Waals surface area contributed by atoms with Gasteiger partial charge in [-0.1, -0.05) is 9.64 Å². The highest BCUT2D eigenvalue weighted by Crippen LogP contribution is 2.20. The van der Waals surface area contributed by atoms with Crippen molar-refractivity contribution in [3.05, 3.63) is 45.3 Å². The third kappa shape index (κ3) is 4.33. The quantitative estimate of drug-likeness (QED) is 0.453. The molecule has 0 fully saturated rings. The van der Waals surface area contributed by atoms with Gasteiger partial charge in [0.15, 0.2) is 11.4 Å². The van der Waals surface area contributed by atoms with E-state index in [1.807, 2.05) is 0 Å². The zero-order valence-electron chi connectivity index (χ0n) is 12.0. The van der Waals surface area contributed by atoms with Gasteiger partial charge < -0.3 is 5.32 Å².